The first-order valence-electron chi connectivity index (χ1n) is 7.16. The van der Waals surface area contributed by atoms with Crippen LogP contribution < -0.4 is 11.3 Å². The van der Waals surface area contributed by atoms with Gasteiger partial charge in [0, 0.05) is 24.7 Å². The zero-order valence-corrected chi connectivity index (χ0v) is 11.6. The Hall–Kier alpha value is -2.15. The lowest BCUT2D eigenvalue weighted by molar-refractivity contribution is -0.384. The molecule has 0 heterocycles. The second-order valence-corrected chi connectivity index (χ2v) is 5.76. The van der Waals surface area contributed by atoms with Crippen LogP contribution in [-0.4, -0.2) is 28.3 Å². The number of nitro benzene ring substituents is 1. The van der Waals surface area contributed by atoms with Gasteiger partial charge in [0.05, 0.1) is 16.2 Å². The molecule has 7 nitrogen and oxygen atoms in total. The van der Waals surface area contributed by atoms with Crippen molar-refractivity contribution in [3.05, 3.63) is 33.9 Å². The molecule has 0 saturated heterocycles. The van der Waals surface area contributed by atoms with Gasteiger partial charge in [-0.3, -0.25) is 20.8 Å². The Balaban J connectivity index is 1.90. The summed E-state index contributed by atoms with van der Waals surface area (Å²) in [5, 5.41) is 10.9. The van der Waals surface area contributed by atoms with Crippen LogP contribution in [0.5, 0.6) is 0 Å². The summed E-state index contributed by atoms with van der Waals surface area (Å²) >= 11 is 0. The number of rotatable bonds is 6. The first-order chi connectivity index (χ1) is 10.1. The maximum Gasteiger partial charge on any atom is 0.270 e. The van der Waals surface area contributed by atoms with Crippen molar-refractivity contribution in [3.63, 3.8) is 0 Å². The van der Waals surface area contributed by atoms with E-state index in [0.29, 0.717) is 11.6 Å². The van der Waals surface area contributed by atoms with Crippen LogP contribution in [0.4, 0.5) is 11.4 Å². The molecule has 2 aliphatic rings. The van der Waals surface area contributed by atoms with Crippen molar-refractivity contribution in [1.82, 2.24) is 4.90 Å². The van der Waals surface area contributed by atoms with Crippen LogP contribution in [0.2, 0.25) is 0 Å². The Morgan fingerprint density at radius 3 is 2.62 bits per heavy atom. The van der Waals surface area contributed by atoms with E-state index in [2.05, 4.69) is 5.43 Å². The van der Waals surface area contributed by atoms with Gasteiger partial charge in [0.2, 0.25) is 0 Å². The van der Waals surface area contributed by atoms with Gasteiger partial charge in [0.1, 0.15) is 0 Å². The van der Waals surface area contributed by atoms with E-state index in [1.54, 1.807) is 0 Å². The average Bonchev–Trinajstić information content (AvgIpc) is 3.36. The molecule has 0 aromatic heterocycles. The molecule has 1 amide bonds. The molecule has 0 atom stereocenters. The quantitative estimate of drug-likeness (QED) is 0.473. The SMILES string of the molecule is NNc1ccc([N+](=O)[O-])cc1C(=O)N(CC1CC1)C1CC1. The van der Waals surface area contributed by atoms with Crippen LogP contribution in [0.1, 0.15) is 36.0 Å². The molecular formula is C14H18N4O3. The molecular weight excluding hydrogens is 272 g/mol. The van der Waals surface area contributed by atoms with Gasteiger partial charge in [-0.25, -0.2) is 0 Å². The molecule has 1 aromatic rings. The average molecular weight is 290 g/mol. The van der Waals surface area contributed by atoms with Crippen LogP contribution in [0.25, 0.3) is 0 Å². The molecule has 3 rings (SSSR count). The highest BCUT2D eigenvalue weighted by Gasteiger charge is 2.37. The number of hydrogen-bond donors (Lipinski definition) is 2. The fourth-order valence-electron chi connectivity index (χ4n) is 2.47. The van der Waals surface area contributed by atoms with E-state index >= 15 is 0 Å². The Morgan fingerprint density at radius 1 is 1.38 bits per heavy atom. The van der Waals surface area contributed by atoms with Crippen molar-refractivity contribution in [2.75, 3.05) is 12.0 Å². The van der Waals surface area contributed by atoms with Crippen molar-refractivity contribution in [1.29, 1.82) is 0 Å². The number of non-ortho nitro benzene ring substituents is 1. The third-order valence-corrected chi connectivity index (χ3v) is 4.00. The number of hydrogen-bond acceptors (Lipinski definition) is 5. The molecule has 0 spiro atoms. The minimum atomic E-state index is -0.501. The van der Waals surface area contributed by atoms with Crippen LogP contribution >= 0.6 is 0 Å². The van der Waals surface area contributed by atoms with Crippen LogP contribution in [0.3, 0.4) is 0 Å². The van der Waals surface area contributed by atoms with Gasteiger partial charge in [-0.2, -0.15) is 0 Å². The third kappa shape index (κ3) is 2.97. The number of carbonyl (C=O) groups excluding carboxylic acids is 1. The third-order valence-electron chi connectivity index (χ3n) is 4.00. The van der Waals surface area contributed by atoms with Gasteiger partial charge in [0.25, 0.3) is 11.6 Å². The summed E-state index contributed by atoms with van der Waals surface area (Å²) < 4.78 is 0. The predicted molar refractivity (Wildman–Crippen MR) is 77.7 cm³/mol. The largest absolute Gasteiger partial charge is 0.335 e. The highest BCUT2D eigenvalue weighted by molar-refractivity contribution is 6.00. The van der Waals surface area contributed by atoms with Crippen molar-refractivity contribution in [2.24, 2.45) is 11.8 Å². The summed E-state index contributed by atoms with van der Waals surface area (Å²) in [5.41, 5.74) is 3.06. The van der Waals surface area contributed by atoms with E-state index in [1.807, 2.05) is 4.90 Å². The smallest absolute Gasteiger partial charge is 0.270 e. The number of nitro groups is 1. The van der Waals surface area contributed by atoms with Crippen molar-refractivity contribution in [2.45, 2.75) is 31.7 Å². The number of nitrogen functional groups attached to an aromatic ring is 1. The van der Waals surface area contributed by atoms with Gasteiger partial charge in [-0.1, -0.05) is 0 Å². The summed E-state index contributed by atoms with van der Waals surface area (Å²) in [6.07, 6.45) is 4.35. The number of benzene rings is 1. The predicted octanol–water partition coefficient (Wildman–Crippen LogP) is 1.90. The van der Waals surface area contributed by atoms with Gasteiger partial charge < -0.3 is 10.3 Å². The molecule has 0 aliphatic heterocycles. The highest BCUT2D eigenvalue weighted by Crippen LogP contribution is 2.36. The van der Waals surface area contributed by atoms with Crippen molar-refractivity contribution < 1.29 is 9.72 Å². The van der Waals surface area contributed by atoms with Gasteiger partial charge in [0.15, 0.2) is 0 Å². The molecule has 2 saturated carbocycles. The number of amides is 1. The molecule has 7 heteroatoms. The van der Waals surface area contributed by atoms with Crippen LogP contribution in [-0.2, 0) is 0 Å². The number of nitrogens with two attached hydrogens (primary N) is 1. The number of nitrogens with zero attached hydrogens (tertiary/aromatic N) is 2. The first kappa shape index (κ1) is 13.8. The second-order valence-electron chi connectivity index (χ2n) is 5.76. The zero-order chi connectivity index (χ0) is 15.0. The molecule has 0 unspecified atom stereocenters. The summed E-state index contributed by atoms with van der Waals surface area (Å²) in [6, 6.07) is 4.41. The van der Waals surface area contributed by atoms with Crippen LogP contribution in [0.15, 0.2) is 18.2 Å². The Labute approximate surface area is 122 Å². The minimum Gasteiger partial charge on any atom is -0.335 e. The molecule has 2 fully saturated rings. The Kier molecular flexibility index (Phi) is 3.50. The lowest BCUT2D eigenvalue weighted by Gasteiger charge is -2.23. The second kappa shape index (κ2) is 5.33. The Morgan fingerprint density at radius 2 is 2.10 bits per heavy atom. The van der Waals surface area contributed by atoms with Crippen LogP contribution in [0, 0.1) is 16.0 Å². The number of nitrogens with one attached hydrogen (secondary N) is 1. The molecule has 3 N–H and O–H groups in total. The van der Waals surface area contributed by atoms with Crippen molar-refractivity contribution in [3.8, 4) is 0 Å². The Bertz CT molecular complexity index is 582. The molecule has 1 aromatic carbocycles. The fourth-order valence-corrected chi connectivity index (χ4v) is 2.47. The highest BCUT2D eigenvalue weighted by atomic mass is 16.6. The normalized spacial score (nSPS) is 17.4. The van der Waals surface area contributed by atoms with Crippen molar-refractivity contribution >= 4 is 17.3 Å². The van der Waals surface area contributed by atoms with Gasteiger partial charge in [-0.15, -0.1) is 0 Å². The monoisotopic (exact) mass is 290 g/mol. The van der Waals surface area contributed by atoms with E-state index < -0.39 is 4.92 Å². The summed E-state index contributed by atoms with van der Waals surface area (Å²) in [5.74, 6) is 5.85. The molecule has 0 bridgehead atoms. The molecule has 112 valence electrons. The lowest BCUT2D eigenvalue weighted by Crippen LogP contribution is -2.35. The number of anilines is 1. The summed E-state index contributed by atoms with van der Waals surface area (Å²) in [4.78, 5) is 25.0. The maximum absolute atomic E-state index is 12.8. The van der Waals surface area contributed by atoms with E-state index in [9.17, 15) is 14.9 Å². The summed E-state index contributed by atoms with van der Waals surface area (Å²) in [6.45, 7) is 0.746. The van der Waals surface area contributed by atoms with E-state index in [4.69, 9.17) is 5.84 Å². The number of carbonyl (C=O) groups is 1. The molecule has 21 heavy (non-hydrogen) atoms. The molecule has 2 aliphatic carbocycles. The van der Waals surface area contributed by atoms with E-state index in [-0.39, 0.29) is 23.2 Å². The lowest BCUT2D eigenvalue weighted by atomic mass is 10.1. The minimum absolute atomic E-state index is 0.0977. The zero-order valence-electron chi connectivity index (χ0n) is 11.6. The summed E-state index contributed by atoms with van der Waals surface area (Å²) in [7, 11) is 0. The first-order valence-corrected chi connectivity index (χ1v) is 7.16. The standard InChI is InChI=1S/C14H18N4O3/c15-16-13-6-5-11(18(20)21)7-12(13)14(19)17(10-3-4-10)8-9-1-2-9/h5-7,9-10,16H,1-4,8,15H2. The van der Waals surface area contributed by atoms with Gasteiger partial charge in [-0.05, 0) is 37.7 Å². The fraction of sp³-hybridized carbons (Fsp3) is 0.500. The van der Waals surface area contributed by atoms with Gasteiger partial charge >= 0.3 is 0 Å². The topological polar surface area (TPSA) is 101 Å². The van der Waals surface area contributed by atoms with E-state index in [1.165, 1.54) is 18.2 Å². The van der Waals surface area contributed by atoms with E-state index in [0.717, 1.165) is 32.2 Å². The molecule has 0 radical (unpaired) electrons. The number of hydrazine groups is 1. The maximum atomic E-state index is 12.8.